The van der Waals surface area contributed by atoms with Crippen molar-refractivity contribution in [3.63, 3.8) is 0 Å². The van der Waals surface area contributed by atoms with Gasteiger partial charge in [-0.2, -0.15) is 0 Å². The van der Waals surface area contributed by atoms with Gasteiger partial charge in [0, 0.05) is 18.1 Å². The number of likely N-dealkylation sites (tertiary alicyclic amines) is 1. The highest BCUT2D eigenvalue weighted by atomic mass is 32.1. The smallest absolute Gasteiger partial charge is 0.240 e. The maximum absolute atomic E-state index is 12.8. The van der Waals surface area contributed by atoms with Gasteiger partial charge in [0.15, 0.2) is 5.01 Å². The molecule has 1 aromatic heterocycles. The Balaban J connectivity index is 1.69. The molecule has 1 saturated heterocycles. The number of nitrogens with two attached hydrogens (primary N) is 1. The van der Waals surface area contributed by atoms with Crippen molar-refractivity contribution in [1.29, 1.82) is 0 Å². The van der Waals surface area contributed by atoms with Gasteiger partial charge < -0.3 is 10.6 Å². The molecule has 22 heavy (non-hydrogen) atoms. The Bertz CT molecular complexity index is 526. The normalized spacial score (nSPS) is 24.4. The third kappa shape index (κ3) is 3.08. The Morgan fingerprint density at radius 1 is 1.23 bits per heavy atom. The molecule has 2 fully saturated rings. The highest BCUT2D eigenvalue weighted by Gasteiger charge is 2.39. The number of rotatable bonds is 4. The summed E-state index contributed by atoms with van der Waals surface area (Å²) in [7, 11) is 0. The average molecular weight is 321 g/mol. The van der Waals surface area contributed by atoms with Crippen molar-refractivity contribution in [2.45, 2.75) is 57.0 Å². The molecular weight excluding hydrogens is 298 g/mol. The molecule has 2 heterocycles. The van der Waals surface area contributed by atoms with Gasteiger partial charge in [-0.1, -0.05) is 19.3 Å². The second-order valence-electron chi connectivity index (χ2n) is 6.32. The number of nitrogens with zero attached hydrogens (tertiary/aromatic N) is 2. The Kier molecular flexibility index (Phi) is 4.88. The number of thiazole rings is 1. The van der Waals surface area contributed by atoms with Gasteiger partial charge in [-0.3, -0.25) is 9.59 Å². The van der Waals surface area contributed by atoms with Crippen LogP contribution in [0.15, 0.2) is 11.6 Å². The lowest BCUT2D eigenvalue weighted by Crippen LogP contribution is -2.51. The second kappa shape index (κ2) is 6.87. The molecule has 1 amide bonds. The van der Waals surface area contributed by atoms with E-state index < -0.39 is 6.04 Å². The molecule has 1 aliphatic heterocycles. The average Bonchev–Trinajstić information content (AvgIpc) is 3.25. The summed E-state index contributed by atoms with van der Waals surface area (Å²) >= 11 is 1.34. The van der Waals surface area contributed by atoms with Crippen LogP contribution in [0, 0.1) is 5.92 Å². The van der Waals surface area contributed by atoms with Crippen molar-refractivity contribution in [1.82, 2.24) is 9.88 Å². The molecular formula is C16H23N3O2S. The minimum absolute atomic E-state index is 0.0308. The number of hydrogen-bond acceptors (Lipinski definition) is 5. The largest absolute Gasteiger partial charge is 0.331 e. The molecule has 0 bridgehead atoms. The first-order valence-corrected chi connectivity index (χ1v) is 9.06. The predicted molar refractivity (Wildman–Crippen MR) is 85.7 cm³/mol. The van der Waals surface area contributed by atoms with Crippen LogP contribution in [-0.4, -0.2) is 40.2 Å². The van der Waals surface area contributed by atoms with E-state index in [1.807, 2.05) is 0 Å². The van der Waals surface area contributed by atoms with Crippen molar-refractivity contribution < 1.29 is 9.59 Å². The van der Waals surface area contributed by atoms with Crippen LogP contribution >= 0.6 is 11.3 Å². The van der Waals surface area contributed by atoms with Crippen LogP contribution in [0.3, 0.4) is 0 Å². The molecule has 0 spiro atoms. The third-order valence-corrected chi connectivity index (χ3v) is 5.71. The summed E-state index contributed by atoms with van der Waals surface area (Å²) in [5.74, 6) is 0.202. The summed E-state index contributed by atoms with van der Waals surface area (Å²) in [4.78, 5) is 31.1. The zero-order chi connectivity index (χ0) is 15.5. The third-order valence-electron chi connectivity index (χ3n) is 4.92. The molecule has 0 radical (unpaired) electrons. The van der Waals surface area contributed by atoms with Gasteiger partial charge in [-0.15, -0.1) is 11.3 Å². The molecule has 1 aromatic rings. The quantitative estimate of drug-likeness (QED) is 0.863. The summed E-state index contributed by atoms with van der Waals surface area (Å²) < 4.78 is 0. The van der Waals surface area contributed by atoms with Gasteiger partial charge in [0.2, 0.25) is 11.7 Å². The van der Waals surface area contributed by atoms with Gasteiger partial charge in [0.25, 0.3) is 0 Å². The topological polar surface area (TPSA) is 76.3 Å². The minimum atomic E-state index is -0.454. The van der Waals surface area contributed by atoms with E-state index in [2.05, 4.69) is 4.98 Å². The first-order chi connectivity index (χ1) is 10.7. The van der Waals surface area contributed by atoms with Gasteiger partial charge in [-0.05, 0) is 31.6 Å². The second-order valence-corrected chi connectivity index (χ2v) is 7.21. The van der Waals surface area contributed by atoms with Crippen molar-refractivity contribution in [2.24, 2.45) is 11.7 Å². The maximum Gasteiger partial charge on any atom is 0.240 e. The molecule has 0 aromatic carbocycles. The van der Waals surface area contributed by atoms with Crippen LogP contribution < -0.4 is 5.73 Å². The van der Waals surface area contributed by atoms with E-state index in [-0.39, 0.29) is 23.7 Å². The lowest BCUT2D eigenvalue weighted by atomic mass is 9.83. The first kappa shape index (κ1) is 15.6. The van der Waals surface area contributed by atoms with E-state index in [4.69, 9.17) is 5.73 Å². The van der Waals surface area contributed by atoms with Gasteiger partial charge in [0.05, 0.1) is 12.1 Å². The summed E-state index contributed by atoms with van der Waals surface area (Å²) in [6, 6.07) is -0.821. The standard InChI is InChI=1S/C16H23N3O2S/c17-13(11-5-2-1-3-6-11)16(21)19-9-4-7-12(19)14(20)15-18-8-10-22-15/h8,10-13H,1-7,9,17H2/t12-,13-/m0/s1. The van der Waals surface area contributed by atoms with E-state index in [0.717, 1.165) is 38.5 Å². The number of carbonyl (C=O) groups excluding carboxylic acids is 2. The van der Waals surface area contributed by atoms with Crippen molar-refractivity contribution >= 4 is 23.0 Å². The minimum Gasteiger partial charge on any atom is -0.331 e. The van der Waals surface area contributed by atoms with E-state index in [9.17, 15) is 9.59 Å². The molecule has 2 aliphatic rings. The van der Waals surface area contributed by atoms with Crippen molar-refractivity contribution in [3.05, 3.63) is 16.6 Å². The van der Waals surface area contributed by atoms with E-state index in [0.29, 0.717) is 11.6 Å². The molecule has 5 nitrogen and oxygen atoms in total. The highest BCUT2D eigenvalue weighted by molar-refractivity contribution is 7.11. The number of carbonyl (C=O) groups is 2. The van der Waals surface area contributed by atoms with E-state index in [1.165, 1.54) is 17.8 Å². The fraction of sp³-hybridized carbons (Fsp3) is 0.688. The highest BCUT2D eigenvalue weighted by Crippen LogP contribution is 2.29. The Labute approximate surface area is 134 Å². The van der Waals surface area contributed by atoms with Crippen LogP contribution in [0.5, 0.6) is 0 Å². The summed E-state index contributed by atoms with van der Waals surface area (Å²) in [6.07, 6.45) is 8.85. The Morgan fingerprint density at radius 2 is 2.00 bits per heavy atom. The molecule has 6 heteroatoms. The molecule has 2 N–H and O–H groups in total. The SMILES string of the molecule is N[C@H](C(=O)N1CCC[C@H]1C(=O)c1nccs1)C1CCCCC1. The molecule has 120 valence electrons. The number of ketones is 1. The van der Waals surface area contributed by atoms with E-state index in [1.54, 1.807) is 16.5 Å². The number of aromatic nitrogens is 1. The summed E-state index contributed by atoms with van der Waals surface area (Å²) in [5, 5.41) is 2.29. The lowest BCUT2D eigenvalue weighted by Gasteiger charge is -2.31. The van der Waals surface area contributed by atoms with Crippen LogP contribution in [-0.2, 0) is 4.79 Å². The maximum atomic E-state index is 12.8. The number of Topliss-reactive ketones (excluding diaryl/α,β-unsaturated/α-hetero) is 1. The zero-order valence-electron chi connectivity index (χ0n) is 12.7. The fourth-order valence-corrected chi connectivity index (χ4v) is 4.30. The Morgan fingerprint density at radius 3 is 2.68 bits per heavy atom. The molecule has 1 saturated carbocycles. The zero-order valence-corrected chi connectivity index (χ0v) is 13.6. The number of amides is 1. The molecule has 0 unspecified atom stereocenters. The number of hydrogen-bond donors (Lipinski definition) is 1. The summed E-state index contributed by atoms with van der Waals surface area (Å²) in [6.45, 7) is 0.640. The van der Waals surface area contributed by atoms with E-state index >= 15 is 0 Å². The summed E-state index contributed by atoms with van der Waals surface area (Å²) in [5.41, 5.74) is 6.24. The van der Waals surface area contributed by atoms with Crippen LogP contribution in [0.4, 0.5) is 0 Å². The van der Waals surface area contributed by atoms with Gasteiger partial charge in [-0.25, -0.2) is 4.98 Å². The van der Waals surface area contributed by atoms with Gasteiger partial charge >= 0.3 is 0 Å². The monoisotopic (exact) mass is 321 g/mol. The predicted octanol–water partition coefficient (Wildman–Crippen LogP) is 2.22. The van der Waals surface area contributed by atoms with Crippen molar-refractivity contribution in [2.75, 3.05) is 6.54 Å². The van der Waals surface area contributed by atoms with Crippen LogP contribution in [0.2, 0.25) is 0 Å². The molecule has 3 rings (SSSR count). The Hall–Kier alpha value is -1.27. The molecule has 1 aliphatic carbocycles. The van der Waals surface area contributed by atoms with Crippen LogP contribution in [0.1, 0.15) is 54.7 Å². The van der Waals surface area contributed by atoms with Crippen LogP contribution in [0.25, 0.3) is 0 Å². The fourth-order valence-electron chi connectivity index (χ4n) is 3.68. The lowest BCUT2D eigenvalue weighted by molar-refractivity contribution is -0.134. The molecule has 2 atom stereocenters. The first-order valence-electron chi connectivity index (χ1n) is 8.18. The van der Waals surface area contributed by atoms with Crippen molar-refractivity contribution in [3.8, 4) is 0 Å². The van der Waals surface area contributed by atoms with Gasteiger partial charge in [0.1, 0.15) is 0 Å².